The lowest BCUT2D eigenvalue weighted by molar-refractivity contribution is 0.0736. The monoisotopic (exact) mass is 549 g/mol. The van der Waals surface area contributed by atoms with Crippen LogP contribution < -0.4 is 10.6 Å². The first kappa shape index (κ1) is 24.4. The first-order valence-electron chi connectivity index (χ1n) is 12.3. The number of H-pyrrole nitrogens is 1. The standard InChI is InChI=1S/C26H24ClN7O3S/c27-16-4-6-17(7-5-16)28-26(37)29-23-22(25(36)33-10-1-2-11-33)18-9-12-34(14-21(18)38-23)24(35)15-3-8-19-20(13-15)31-32-30-19/h3-8,13H,1-2,9-12,14H2,(H2,28,29,37)(H,30,31,32). The van der Waals surface area contributed by atoms with Gasteiger partial charge in [-0.15, -0.1) is 11.3 Å². The number of amides is 4. The molecule has 4 heterocycles. The highest BCUT2D eigenvalue weighted by Crippen LogP contribution is 2.39. The number of aromatic nitrogens is 3. The number of carbonyl (C=O) groups excluding carboxylic acids is 3. The fourth-order valence-corrected chi connectivity index (χ4v) is 6.30. The van der Waals surface area contributed by atoms with Crippen molar-refractivity contribution in [3.05, 3.63) is 69.1 Å². The van der Waals surface area contributed by atoms with Gasteiger partial charge in [-0.3, -0.25) is 14.9 Å². The maximum atomic E-state index is 13.6. The van der Waals surface area contributed by atoms with Gasteiger partial charge in [-0.1, -0.05) is 11.6 Å². The summed E-state index contributed by atoms with van der Waals surface area (Å²) in [5.74, 6) is -0.186. The number of thiophene rings is 1. The molecule has 4 aromatic rings. The number of fused-ring (bicyclic) bond motifs is 2. The molecule has 2 aromatic heterocycles. The molecule has 0 saturated carbocycles. The Morgan fingerprint density at radius 2 is 1.66 bits per heavy atom. The summed E-state index contributed by atoms with van der Waals surface area (Å²) in [6.45, 7) is 2.23. The number of nitrogens with zero attached hydrogens (tertiary/aromatic N) is 4. The number of aromatic amines is 1. The first-order valence-corrected chi connectivity index (χ1v) is 13.5. The van der Waals surface area contributed by atoms with Gasteiger partial charge in [-0.05, 0) is 67.3 Å². The van der Waals surface area contributed by atoms with E-state index in [1.54, 1.807) is 47.4 Å². The molecule has 1 fully saturated rings. The van der Waals surface area contributed by atoms with E-state index in [1.807, 2.05) is 4.90 Å². The Morgan fingerprint density at radius 1 is 0.895 bits per heavy atom. The van der Waals surface area contributed by atoms with Gasteiger partial charge >= 0.3 is 6.03 Å². The fourth-order valence-electron chi connectivity index (χ4n) is 4.92. The molecule has 0 bridgehead atoms. The van der Waals surface area contributed by atoms with Gasteiger partial charge in [-0.25, -0.2) is 4.79 Å². The summed E-state index contributed by atoms with van der Waals surface area (Å²) >= 11 is 7.29. The minimum absolute atomic E-state index is 0.0712. The van der Waals surface area contributed by atoms with Gasteiger partial charge in [0.2, 0.25) is 0 Å². The topological polar surface area (TPSA) is 123 Å². The number of benzene rings is 2. The van der Waals surface area contributed by atoms with Crippen molar-refractivity contribution in [3.63, 3.8) is 0 Å². The van der Waals surface area contributed by atoms with Gasteiger partial charge in [0.1, 0.15) is 16.0 Å². The normalized spacial score (nSPS) is 15.0. The lowest BCUT2D eigenvalue weighted by Crippen LogP contribution is -2.36. The molecule has 0 radical (unpaired) electrons. The van der Waals surface area contributed by atoms with Crippen molar-refractivity contribution < 1.29 is 14.4 Å². The summed E-state index contributed by atoms with van der Waals surface area (Å²) < 4.78 is 0. The lowest BCUT2D eigenvalue weighted by Gasteiger charge is -2.28. The smallest absolute Gasteiger partial charge is 0.324 e. The molecule has 0 unspecified atom stereocenters. The van der Waals surface area contributed by atoms with Gasteiger partial charge in [-0.2, -0.15) is 15.4 Å². The van der Waals surface area contributed by atoms with Crippen LogP contribution in [0.3, 0.4) is 0 Å². The number of hydrogen-bond acceptors (Lipinski definition) is 6. The number of nitrogens with one attached hydrogen (secondary N) is 3. The third-order valence-electron chi connectivity index (χ3n) is 6.84. The quantitative estimate of drug-likeness (QED) is 0.339. The van der Waals surface area contributed by atoms with Crippen molar-refractivity contribution in [3.8, 4) is 0 Å². The Labute approximate surface area is 226 Å². The van der Waals surface area contributed by atoms with Crippen LogP contribution in [-0.2, 0) is 13.0 Å². The zero-order valence-electron chi connectivity index (χ0n) is 20.3. The first-order chi connectivity index (χ1) is 18.5. The summed E-state index contributed by atoms with van der Waals surface area (Å²) in [6.07, 6.45) is 2.46. The van der Waals surface area contributed by atoms with E-state index in [0.29, 0.717) is 70.5 Å². The van der Waals surface area contributed by atoms with Crippen molar-refractivity contribution in [1.82, 2.24) is 25.2 Å². The second-order valence-electron chi connectivity index (χ2n) is 9.30. The molecule has 0 spiro atoms. The van der Waals surface area contributed by atoms with Gasteiger partial charge in [0.25, 0.3) is 11.8 Å². The highest BCUT2D eigenvalue weighted by Gasteiger charge is 2.33. The number of hydrogen-bond donors (Lipinski definition) is 3. The van der Waals surface area contributed by atoms with Crippen LogP contribution in [0.5, 0.6) is 0 Å². The molecule has 4 amide bonds. The minimum Gasteiger partial charge on any atom is -0.339 e. The Hall–Kier alpha value is -3.96. The third kappa shape index (κ3) is 4.70. The van der Waals surface area contributed by atoms with Crippen LogP contribution in [0.25, 0.3) is 11.0 Å². The molecule has 2 aliphatic heterocycles. The third-order valence-corrected chi connectivity index (χ3v) is 8.23. The van der Waals surface area contributed by atoms with E-state index in [0.717, 1.165) is 23.3 Å². The maximum absolute atomic E-state index is 13.6. The van der Waals surface area contributed by atoms with Gasteiger partial charge in [0.15, 0.2) is 0 Å². The Morgan fingerprint density at radius 3 is 2.45 bits per heavy atom. The van der Waals surface area contributed by atoms with Crippen LogP contribution in [-0.4, -0.2) is 62.7 Å². The molecule has 38 heavy (non-hydrogen) atoms. The number of anilines is 2. The van der Waals surface area contributed by atoms with Crippen LogP contribution in [0.1, 0.15) is 44.0 Å². The number of halogens is 1. The van der Waals surface area contributed by atoms with Crippen LogP contribution in [0.2, 0.25) is 5.02 Å². The molecular formula is C26H24ClN7O3S. The summed E-state index contributed by atoms with van der Waals surface area (Å²) in [4.78, 5) is 44.3. The van der Waals surface area contributed by atoms with E-state index in [9.17, 15) is 14.4 Å². The fraction of sp³-hybridized carbons (Fsp3) is 0.269. The van der Waals surface area contributed by atoms with Crippen LogP contribution in [0, 0.1) is 0 Å². The molecule has 3 N–H and O–H groups in total. The summed E-state index contributed by atoms with van der Waals surface area (Å²) in [7, 11) is 0. The van der Waals surface area contributed by atoms with E-state index >= 15 is 0 Å². The number of likely N-dealkylation sites (tertiary alicyclic amines) is 1. The van der Waals surface area contributed by atoms with Crippen LogP contribution >= 0.6 is 22.9 Å². The Bertz CT molecular complexity index is 1540. The van der Waals surface area contributed by atoms with Gasteiger partial charge < -0.3 is 15.1 Å². The molecule has 6 rings (SSSR count). The van der Waals surface area contributed by atoms with E-state index in [1.165, 1.54) is 11.3 Å². The van der Waals surface area contributed by atoms with Crippen LogP contribution in [0.4, 0.5) is 15.5 Å². The molecule has 10 nitrogen and oxygen atoms in total. The summed E-state index contributed by atoms with van der Waals surface area (Å²) in [5, 5.41) is 17.4. The predicted molar refractivity (Wildman–Crippen MR) is 146 cm³/mol. The molecule has 0 atom stereocenters. The van der Waals surface area contributed by atoms with Crippen molar-refractivity contribution in [2.24, 2.45) is 0 Å². The number of urea groups is 1. The SMILES string of the molecule is O=C(Nc1ccc(Cl)cc1)Nc1sc2c(c1C(=O)N1CCCC1)CCN(C(=O)c1ccc3n[nH]nc3c1)C2. The largest absolute Gasteiger partial charge is 0.339 e. The highest BCUT2D eigenvalue weighted by molar-refractivity contribution is 7.17. The number of carbonyl (C=O) groups is 3. The van der Waals surface area contributed by atoms with Crippen LogP contribution in [0.15, 0.2) is 42.5 Å². The lowest BCUT2D eigenvalue weighted by atomic mass is 10.0. The van der Waals surface area contributed by atoms with E-state index in [2.05, 4.69) is 26.0 Å². The Balaban J connectivity index is 1.26. The predicted octanol–water partition coefficient (Wildman–Crippen LogP) is 4.75. The van der Waals surface area contributed by atoms with Gasteiger partial charge in [0, 0.05) is 40.8 Å². The van der Waals surface area contributed by atoms with E-state index in [-0.39, 0.29) is 11.8 Å². The average molecular weight is 550 g/mol. The van der Waals surface area contributed by atoms with Crippen molar-refractivity contribution in [2.75, 3.05) is 30.3 Å². The number of rotatable bonds is 4. The zero-order chi connectivity index (χ0) is 26.2. The summed E-state index contributed by atoms with van der Waals surface area (Å²) in [5.41, 5.74) is 3.88. The van der Waals surface area contributed by atoms with Gasteiger partial charge in [0.05, 0.1) is 12.1 Å². The molecule has 194 valence electrons. The molecular weight excluding hydrogens is 526 g/mol. The van der Waals surface area contributed by atoms with Crippen molar-refractivity contribution in [1.29, 1.82) is 0 Å². The summed E-state index contributed by atoms with van der Waals surface area (Å²) in [6, 6.07) is 11.6. The van der Waals surface area contributed by atoms with Crippen molar-refractivity contribution >= 4 is 62.5 Å². The zero-order valence-corrected chi connectivity index (χ0v) is 21.9. The molecule has 2 aromatic carbocycles. The second-order valence-corrected chi connectivity index (χ2v) is 10.8. The van der Waals surface area contributed by atoms with Crippen molar-refractivity contribution in [2.45, 2.75) is 25.8 Å². The average Bonchev–Trinajstić information content (AvgIpc) is 3.68. The molecule has 1 saturated heterocycles. The highest BCUT2D eigenvalue weighted by atomic mass is 35.5. The Kier molecular flexibility index (Phi) is 6.46. The second kappa shape index (κ2) is 10.1. The molecule has 2 aliphatic rings. The van der Waals surface area contributed by atoms with E-state index in [4.69, 9.17) is 11.6 Å². The minimum atomic E-state index is -0.449. The molecule has 0 aliphatic carbocycles. The molecule has 12 heteroatoms. The maximum Gasteiger partial charge on any atom is 0.324 e. The van der Waals surface area contributed by atoms with E-state index < -0.39 is 6.03 Å².